The highest BCUT2D eigenvalue weighted by Crippen LogP contribution is 2.09. The molecule has 0 unspecified atom stereocenters. The molecule has 0 aliphatic carbocycles. The monoisotopic (exact) mass is 353 g/mol. The highest BCUT2D eigenvalue weighted by atomic mass is 79.9. The zero-order chi connectivity index (χ0) is 15.8. The molecule has 3 amide bonds. The molecule has 0 fully saturated rings. The maximum Gasteiger partial charge on any atom is 0.251 e. The average Bonchev–Trinajstić information content (AvgIpc) is 2.44. The topological polar surface area (TPSA) is 101 Å². The molecule has 1 aromatic carbocycles. The second-order valence-electron chi connectivity index (χ2n) is 4.29. The molecule has 0 spiro atoms. The van der Waals surface area contributed by atoms with Crippen molar-refractivity contribution in [2.24, 2.45) is 5.73 Å². The van der Waals surface area contributed by atoms with Gasteiger partial charge in [0, 0.05) is 12.0 Å². The zero-order valence-corrected chi connectivity index (χ0v) is 12.9. The van der Waals surface area contributed by atoms with Crippen molar-refractivity contribution in [2.45, 2.75) is 12.5 Å². The van der Waals surface area contributed by atoms with Gasteiger partial charge in [0.05, 0.1) is 6.54 Å². The van der Waals surface area contributed by atoms with Gasteiger partial charge in [0.25, 0.3) is 5.91 Å². The smallest absolute Gasteiger partial charge is 0.251 e. The van der Waals surface area contributed by atoms with E-state index in [-0.39, 0.29) is 18.9 Å². The van der Waals surface area contributed by atoms with Gasteiger partial charge in [-0.05, 0) is 16.6 Å². The SMILES string of the molecule is C=C(Br)C[C@@H](NC(=O)CNC(=O)c1ccccc1)C(N)=O. The number of nitrogens with two attached hydrogens (primary N) is 1. The second-order valence-corrected chi connectivity index (χ2v) is 5.41. The Labute approximate surface area is 130 Å². The number of rotatable bonds is 7. The molecule has 112 valence electrons. The van der Waals surface area contributed by atoms with Crippen molar-refractivity contribution in [3.05, 3.63) is 47.0 Å². The van der Waals surface area contributed by atoms with Crippen molar-refractivity contribution in [1.29, 1.82) is 0 Å². The lowest BCUT2D eigenvalue weighted by molar-refractivity contribution is -0.126. The number of halogens is 1. The normalized spacial score (nSPS) is 11.3. The van der Waals surface area contributed by atoms with Gasteiger partial charge in [-0.3, -0.25) is 14.4 Å². The summed E-state index contributed by atoms with van der Waals surface area (Å²) < 4.78 is 0.542. The number of amides is 3. The van der Waals surface area contributed by atoms with Crippen LogP contribution in [0.15, 0.2) is 41.4 Å². The Hall–Kier alpha value is -2.15. The summed E-state index contributed by atoms with van der Waals surface area (Å²) in [7, 11) is 0. The van der Waals surface area contributed by atoms with Crippen LogP contribution in [0.4, 0.5) is 0 Å². The number of nitrogens with one attached hydrogen (secondary N) is 2. The van der Waals surface area contributed by atoms with E-state index >= 15 is 0 Å². The van der Waals surface area contributed by atoms with E-state index in [1.54, 1.807) is 30.3 Å². The highest BCUT2D eigenvalue weighted by Gasteiger charge is 2.18. The van der Waals surface area contributed by atoms with E-state index in [1.165, 1.54) is 0 Å². The van der Waals surface area contributed by atoms with E-state index in [1.807, 2.05) is 0 Å². The maximum absolute atomic E-state index is 11.7. The number of hydrogen-bond acceptors (Lipinski definition) is 3. The quantitative estimate of drug-likeness (QED) is 0.671. The Morgan fingerprint density at radius 3 is 2.38 bits per heavy atom. The molecule has 4 N–H and O–H groups in total. The van der Waals surface area contributed by atoms with Crippen molar-refractivity contribution in [2.75, 3.05) is 6.54 Å². The second kappa shape index (κ2) is 8.21. The minimum Gasteiger partial charge on any atom is -0.368 e. The van der Waals surface area contributed by atoms with Crippen LogP contribution < -0.4 is 16.4 Å². The van der Waals surface area contributed by atoms with E-state index in [9.17, 15) is 14.4 Å². The number of hydrogen-bond donors (Lipinski definition) is 3. The molecule has 21 heavy (non-hydrogen) atoms. The van der Waals surface area contributed by atoms with E-state index in [0.29, 0.717) is 10.0 Å². The first kappa shape index (κ1) is 16.9. The average molecular weight is 354 g/mol. The fraction of sp³-hybridized carbons (Fsp3) is 0.214. The van der Waals surface area contributed by atoms with Gasteiger partial charge in [-0.2, -0.15) is 0 Å². The molecule has 0 bridgehead atoms. The van der Waals surface area contributed by atoms with Gasteiger partial charge < -0.3 is 16.4 Å². The standard InChI is InChI=1S/C14H16BrN3O3/c1-9(15)7-11(13(16)20)18-12(19)8-17-14(21)10-5-3-2-4-6-10/h2-6,11H,1,7-8H2,(H2,16,20)(H,17,21)(H,18,19)/t11-/m1/s1. The van der Waals surface area contributed by atoms with E-state index in [0.717, 1.165) is 0 Å². The minimum absolute atomic E-state index is 0.188. The predicted octanol–water partition coefficient (Wildman–Crippen LogP) is 0.685. The lowest BCUT2D eigenvalue weighted by atomic mass is 10.2. The van der Waals surface area contributed by atoms with Crippen LogP contribution in [0.2, 0.25) is 0 Å². The largest absolute Gasteiger partial charge is 0.368 e. The minimum atomic E-state index is -0.863. The van der Waals surface area contributed by atoms with E-state index in [2.05, 4.69) is 33.1 Å². The van der Waals surface area contributed by atoms with Crippen molar-refractivity contribution in [3.63, 3.8) is 0 Å². The number of primary amides is 1. The molecule has 1 aromatic rings. The number of carbonyl (C=O) groups excluding carboxylic acids is 3. The third-order valence-corrected chi connectivity index (χ3v) is 2.87. The van der Waals surface area contributed by atoms with E-state index < -0.39 is 17.9 Å². The van der Waals surface area contributed by atoms with Gasteiger partial charge in [-0.1, -0.05) is 40.7 Å². The van der Waals surface area contributed by atoms with Gasteiger partial charge in [0.2, 0.25) is 11.8 Å². The summed E-state index contributed by atoms with van der Waals surface area (Å²) >= 11 is 3.10. The fourth-order valence-electron chi connectivity index (χ4n) is 1.54. The van der Waals surface area contributed by atoms with Crippen LogP contribution in [0.3, 0.4) is 0 Å². The third kappa shape index (κ3) is 6.22. The van der Waals surface area contributed by atoms with Crippen LogP contribution >= 0.6 is 15.9 Å². The van der Waals surface area contributed by atoms with E-state index in [4.69, 9.17) is 5.73 Å². The Morgan fingerprint density at radius 1 is 1.24 bits per heavy atom. The summed E-state index contributed by atoms with van der Waals surface area (Å²) in [6.45, 7) is 3.34. The van der Waals surface area contributed by atoms with Crippen LogP contribution in [-0.4, -0.2) is 30.3 Å². The molecule has 6 nitrogen and oxygen atoms in total. The third-order valence-electron chi connectivity index (χ3n) is 2.55. The van der Waals surface area contributed by atoms with Crippen LogP contribution in [0, 0.1) is 0 Å². The molecule has 0 aliphatic heterocycles. The zero-order valence-electron chi connectivity index (χ0n) is 11.3. The van der Waals surface area contributed by atoms with Gasteiger partial charge in [-0.15, -0.1) is 0 Å². The van der Waals surface area contributed by atoms with Gasteiger partial charge >= 0.3 is 0 Å². The molecular formula is C14H16BrN3O3. The van der Waals surface area contributed by atoms with Gasteiger partial charge in [0.1, 0.15) is 6.04 Å². The van der Waals surface area contributed by atoms with Gasteiger partial charge in [-0.25, -0.2) is 0 Å². The first-order valence-electron chi connectivity index (χ1n) is 6.15. The maximum atomic E-state index is 11.7. The molecule has 0 heterocycles. The lowest BCUT2D eigenvalue weighted by Crippen LogP contribution is -2.47. The first-order chi connectivity index (χ1) is 9.90. The predicted molar refractivity (Wildman–Crippen MR) is 82.6 cm³/mol. The Bertz CT molecular complexity index is 546. The molecule has 0 aromatic heterocycles. The van der Waals surface area contributed by atoms with Gasteiger partial charge in [0.15, 0.2) is 0 Å². The van der Waals surface area contributed by atoms with Crippen LogP contribution in [-0.2, 0) is 9.59 Å². The molecule has 0 saturated carbocycles. The van der Waals surface area contributed by atoms with Crippen LogP contribution in [0.25, 0.3) is 0 Å². The first-order valence-corrected chi connectivity index (χ1v) is 6.94. The number of benzene rings is 1. The molecule has 0 aliphatic rings. The van der Waals surface area contributed by atoms with Crippen molar-refractivity contribution >= 4 is 33.7 Å². The highest BCUT2D eigenvalue weighted by molar-refractivity contribution is 9.11. The number of carbonyl (C=O) groups is 3. The summed E-state index contributed by atoms with van der Waals surface area (Å²) in [4.78, 5) is 34.6. The van der Waals surface area contributed by atoms with Crippen molar-refractivity contribution < 1.29 is 14.4 Å². The summed E-state index contributed by atoms with van der Waals surface area (Å²) in [6.07, 6.45) is 0.188. The fourth-order valence-corrected chi connectivity index (χ4v) is 1.87. The molecule has 0 radical (unpaired) electrons. The summed E-state index contributed by atoms with van der Waals surface area (Å²) in [5, 5.41) is 4.89. The van der Waals surface area contributed by atoms with Crippen LogP contribution in [0.5, 0.6) is 0 Å². The molecular weight excluding hydrogens is 338 g/mol. The molecule has 7 heteroatoms. The summed E-state index contributed by atoms with van der Waals surface area (Å²) in [6, 6.07) is 7.63. The molecule has 1 atom stereocenters. The van der Waals surface area contributed by atoms with Crippen LogP contribution in [0.1, 0.15) is 16.8 Å². The molecule has 0 saturated heterocycles. The Balaban J connectivity index is 2.48. The Morgan fingerprint density at radius 2 is 1.86 bits per heavy atom. The lowest BCUT2D eigenvalue weighted by Gasteiger charge is -2.15. The van der Waals surface area contributed by atoms with Crippen molar-refractivity contribution in [1.82, 2.24) is 10.6 Å². The molecule has 1 rings (SSSR count). The summed E-state index contributed by atoms with van der Waals surface area (Å²) in [5.41, 5.74) is 5.63. The van der Waals surface area contributed by atoms with Crippen molar-refractivity contribution in [3.8, 4) is 0 Å². The summed E-state index contributed by atoms with van der Waals surface area (Å²) in [5.74, 6) is -1.54. The Kier molecular flexibility index (Phi) is 6.61.